The van der Waals surface area contributed by atoms with E-state index in [1.165, 1.54) is 0 Å². The zero-order chi connectivity index (χ0) is 21.2. The maximum absolute atomic E-state index is 13.4. The number of hydrogen-bond donors (Lipinski definition) is 2. The number of hydrogen-bond acceptors (Lipinski definition) is 4. The van der Waals surface area contributed by atoms with Gasteiger partial charge in [-0.2, -0.15) is 0 Å². The molecule has 0 saturated heterocycles. The molecule has 2 N–H and O–H groups in total. The van der Waals surface area contributed by atoms with Gasteiger partial charge >= 0.3 is 0 Å². The molecule has 0 aromatic heterocycles. The van der Waals surface area contributed by atoms with Crippen molar-refractivity contribution < 1.29 is 14.3 Å². The van der Waals surface area contributed by atoms with Crippen LogP contribution in [0.5, 0.6) is 5.75 Å². The number of benzene rings is 2. The van der Waals surface area contributed by atoms with Crippen LogP contribution < -0.4 is 15.4 Å². The summed E-state index contributed by atoms with van der Waals surface area (Å²) < 4.78 is 5.25. The van der Waals surface area contributed by atoms with Gasteiger partial charge < -0.3 is 20.3 Å². The number of ether oxygens (including phenoxy) is 1. The minimum atomic E-state index is -0.611. The van der Waals surface area contributed by atoms with Crippen molar-refractivity contribution in [1.29, 1.82) is 0 Å². The van der Waals surface area contributed by atoms with Gasteiger partial charge in [0.25, 0.3) is 0 Å². The number of anilines is 2. The maximum Gasteiger partial charge on any atom is 0.238 e. The van der Waals surface area contributed by atoms with E-state index in [1.54, 1.807) is 24.1 Å². The van der Waals surface area contributed by atoms with Crippen LogP contribution >= 0.6 is 0 Å². The second kappa shape index (κ2) is 7.87. The fourth-order valence-electron chi connectivity index (χ4n) is 3.91. The summed E-state index contributed by atoms with van der Waals surface area (Å²) in [6.45, 7) is 4.47. The summed E-state index contributed by atoms with van der Waals surface area (Å²) in [7, 11) is 5.29. The largest absolute Gasteiger partial charge is 0.497 e. The second-order valence-corrected chi connectivity index (χ2v) is 8.48. The van der Waals surface area contributed by atoms with Gasteiger partial charge in [0.05, 0.1) is 30.4 Å². The van der Waals surface area contributed by atoms with Gasteiger partial charge in [0, 0.05) is 0 Å². The van der Waals surface area contributed by atoms with E-state index in [-0.39, 0.29) is 23.8 Å². The molecule has 0 radical (unpaired) electrons. The summed E-state index contributed by atoms with van der Waals surface area (Å²) in [4.78, 5) is 27.4. The van der Waals surface area contributed by atoms with Gasteiger partial charge in [-0.1, -0.05) is 38.1 Å². The lowest BCUT2D eigenvalue weighted by atomic mass is 9.87. The molecule has 1 aliphatic carbocycles. The van der Waals surface area contributed by atoms with Crippen LogP contribution in [0, 0.1) is 5.41 Å². The van der Waals surface area contributed by atoms with E-state index < -0.39 is 5.41 Å². The van der Waals surface area contributed by atoms with Gasteiger partial charge in [-0.05, 0) is 55.8 Å². The van der Waals surface area contributed by atoms with Gasteiger partial charge in [0.15, 0.2) is 0 Å². The predicted octanol–water partition coefficient (Wildman–Crippen LogP) is 3.50. The summed E-state index contributed by atoms with van der Waals surface area (Å²) in [6.07, 6.45) is 0.757. The number of carbonyl (C=O) groups is 2. The zero-order valence-electron chi connectivity index (χ0n) is 17.7. The van der Waals surface area contributed by atoms with Crippen molar-refractivity contribution >= 4 is 23.2 Å². The molecule has 3 rings (SSSR count). The third-order valence-corrected chi connectivity index (χ3v) is 5.62. The highest BCUT2D eigenvalue weighted by Crippen LogP contribution is 2.64. The van der Waals surface area contributed by atoms with E-state index >= 15 is 0 Å². The number of nitrogens with zero attached hydrogens (tertiary/aromatic N) is 1. The highest BCUT2D eigenvalue weighted by molar-refractivity contribution is 6.06. The van der Waals surface area contributed by atoms with Crippen molar-refractivity contribution in [3.05, 3.63) is 54.1 Å². The van der Waals surface area contributed by atoms with Crippen LogP contribution in [-0.4, -0.2) is 44.5 Å². The topological polar surface area (TPSA) is 70.7 Å². The zero-order valence-corrected chi connectivity index (χ0v) is 17.7. The normalized spacial score (nSPS) is 19.5. The highest BCUT2D eigenvalue weighted by Gasteiger charge is 2.67. The Labute approximate surface area is 172 Å². The molecule has 29 heavy (non-hydrogen) atoms. The van der Waals surface area contributed by atoms with Crippen molar-refractivity contribution in [2.24, 2.45) is 5.41 Å². The molecule has 1 saturated carbocycles. The van der Waals surface area contributed by atoms with E-state index in [9.17, 15) is 9.59 Å². The standard InChI is InChI=1S/C23H29N3O3/c1-22(2)15-23(22,16-10-12-17(29-5)13-11-16)21(28)25-19-9-7-6-8-18(19)24-20(27)14-26(3)4/h6-13H,14-15H2,1-5H3,(H,24,27)(H,25,28). The molecule has 6 nitrogen and oxygen atoms in total. The Bertz CT molecular complexity index is 906. The van der Waals surface area contributed by atoms with Crippen LogP contribution in [0.1, 0.15) is 25.8 Å². The van der Waals surface area contributed by atoms with Crippen molar-refractivity contribution in [3.63, 3.8) is 0 Å². The first-order chi connectivity index (χ1) is 13.7. The Balaban J connectivity index is 1.84. The van der Waals surface area contributed by atoms with E-state index in [1.807, 2.05) is 50.5 Å². The molecule has 1 fully saturated rings. The first-order valence-corrected chi connectivity index (χ1v) is 9.69. The van der Waals surface area contributed by atoms with E-state index in [4.69, 9.17) is 4.74 Å². The first kappa shape index (κ1) is 20.9. The molecule has 0 aliphatic heterocycles. The summed E-state index contributed by atoms with van der Waals surface area (Å²) in [5.74, 6) is 0.562. The molecule has 6 heteroatoms. The van der Waals surface area contributed by atoms with E-state index in [2.05, 4.69) is 24.5 Å². The summed E-state index contributed by atoms with van der Waals surface area (Å²) >= 11 is 0. The lowest BCUT2D eigenvalue weighted by molar-refractivity contribution is -0.119. The third kappa shape index (κ3) is 4.12. The molecule has 1 atom stereocenters. The van der Waals surface area contributed by atoms with Gasteiger partial charge in [0.2, 0.25) is 11.8 Å². The monoisotopic (exact) mass is 395 g/mol. The summed E-state index contributed by atoms with van der Waals surface area (Å²) in [5.41, 5.74) is 1.39. The summed E-state index contributed by atoms with van der Waals surface area (Å²) in [6, 6.07) is 15.0. The predicted molar refractivity (Wildman–Crippen MR) is 115 cm³/mol. The lowest BCUT2D eigenvalue weighted by Gasteiger charge is -2.22. The molecule has 154 valence electrons. The van der Waals surface area contributed by atoms with Gasteiger partial charge in [-0.25, -0.2) is 0 Å². The van der Waals surface area contributed by atoms with Gasteiger partial charge in [0.1, 0.15) is 5.75 Å². The number of amides is 2. The minimum absolute atomic E-state index is 0.0676. The number of nitrogens with one attached hydrogen (secondary N) is 2. The molecule has 2 amide bonds. The van der Waals surface area contributed by atoms with Crippen molar-refractivity contribution in [1.82, 2.24) is 4.90 Å². The second-order valence-electron chi connectivity index (χ2n) is 8.48. The molecule has 1 aliphatic rings. The van der Waals surface area contributed by atoms with Gasteiger partial charge in [-0.15, -0.1) is 0 Å². The fourth-order valence-corrected chi connectivity index (χ4v) is 3.91. The number of likely N-dealkylation sites (N-methyl/N-ethyl adjacent to an activating group) is 1. The Morgan fingerprint density at radius 2 is 1.55 bits per heavy atom. The van der Waals surface area contributed by atoms with E-state index in [0.717, 1.165) is 17.7 Å². The molecule has 0 spiro atoms. The van der Waals surface area contributed by atoms with E-state index in [0.29, 0.717) is 11.4 Å². The molecule has 1 unspecified atom stereocenters. The number of methoxy groups -OCH3 is 1. The Morgan fingerprint density at radius 3 is 2.03 bits per heavy atom. The van der Waals surface area contributed by atoms with Gasteiger partial charge in [-0.3, -0.25) is 9.59 Å². The van der Waals surface area contributed by atoms with Crippen molar-refractivity contribution in [3.8, 4) is 5.75 Å². The minimum Gasteiger partial charge on any atom is -0.497 e. The van der Waals surface area contributed by atoms with Crippen LogP contribution in [0.15, 0.2) is 48.5 Å². The van der Waals surface area contributed by atoms with Crippen molar-refractivity contribution in [2.45, 2.75) is 25.7 Å². The van der Waals surface area contributed by atoms with Crippen LogP contribution in [0.2, 0.25) is 0 Å². The fraction of sp³-hybridized carbons (Fsp3) is 0.391. The number of carbonyl (C=O) groups excluding carboxylic acids is 2. The molecule has 2 aromatic carbocycles. The average Bonchev–Trinajstić information content (AvgIpc) is 3.26. The Morgan fingerprint density at radius 1 is 1.00 bits per heavy atom. The van der Waals surface area contributed by atoms with Crippen molar-refractivity contribution in [2.75, 3.05) is 38.4 Å². The van der Waals surface area contributed by atoms with Crippen LogP contribution in [0.25, 0.3) is 0 Å². The molecular weight excluding hydrogens is 366 g/mol. The smallest absolute Gasteiger partial charge is 0.238 e. The maximum atomic E-state index is 13.4. The number of para-hydroxylation sites is 2. The SMILES string of the molecule is COc1ccc(C2(C(=O)Nc3ccccc3NC(=O)CN(C)C)CC2(C)C)cc1. The molecular formula is C23H29N3O3. The molecule has 2 aromatic rings. The summed E-state index contributed by atoms with van der Waals surface area (Å²) in [5, 5.41) is 5.94. The Kier molecular flexibility index (Phi) is 5.66. The third-order valence-electron chi connectivity index (χ3n) is 5.62. The van der Waals surface area contributed by atoms with Crippen LogP contribution in [0.3, 0.4) is 0 Å². The lowest BCUT2D eigenvalue weighted by Crippen LogP contribution is -2.33. The first-order valence-electron chi connectivity index (χ1n) is 9.69. The molecule has 0 heterocycles. The van der Waals surface area contributed by atoms with Crippen LogP contribution in [0.4, 0.5) is 11.4 Å². The molecule has 0 bridgehead atoms. The van der Waals surface area contributed by atoms with Crippen LogP contribution in [-0.2, 0) is 15.0 Å². The quantitative estimate of drug-likeness (QED) is 0.753. The average molecular weight is 396 g/mol. The highest BCUT2D eigenvalue weighted by atomic mass is 16.5. The Hall–Kier alpha value is -2.86. The number of rotatable bonds is 7.